The van der Waals surface area contributed by atoms with Crippen molar-refractivity contribution >= 4 is 12.0 Å². The molecule has 14 heteroatoms. The standard InChI is InChI=1S/C20H19F6N3O5/c1-11(14-7-6-13(9-27-14)33-10-19(21,22)23)28-17(30)15(29-18(31)32)8-12-4-2-3-5-16(12)34-20(24,25)26/h2-7,9,11,15,29H,8,10H2,1H3,(H,28,30)(H,31,32). The second kappa shape index (κ2) is 10.9. The van der Waals surface area contributed by atoms with Crippen LogP contribution in [0.4, 0.5) is 31.1 Å². The maximum Gasteiger partial charge on any atom is 0.573 e. The molecule has 34 heavy (non-hydrogen) atoms. The van der Waals surface area contributed by atoms with Gasteiger partial charge in [0.05, 0.1) is 17.9 Å². The number of aromatic nitrogens is 1. The molecule has 0 bridgehead atoms. The summed E-state index contributed by atoms with van der Waals surface area (Å²) in [6.07, 6.45) is -10.6. The Morgan fingerprint density at radius 2 is 1.74 bits per heavy atom. The van der Waals surface area contributed by atoms with Crippen molar-refractivity contribution in [3.05, 3.63) is 53.9 Å². The van der Waals surface area contributed by atoms with Crippen LogP contribution in [0.5, 0.6) is 11.5 Å². The molecule has 0 aliphatic carbocycles. The molecule has 0 saturated heterocycles. The Hall–Kier alpha value is -3.71. The van der Waals surface area contributed by atoms with E-state index in [2.05, 4.69) is 19.8 Å². The van der Waals surface area contributed by atoms with Gasteiger partial charge in [-0.3, -0.25) is 9.78 Å². The number of hydrogen-bond acceptors (Lipinski definition) is 5. The van der Waals surface area contributed by atoms with Crippen LogP contribution in [0.1, 0.15) is 24.2 Å². The zero-order chi connectivity index (χ0) is 25.5. The fourth-order valence-corrected chi connectivity index (χ4v) is 2.76. The Labute approximate surface area is 188 Å². The molecule has 2 unspecified atom stereocenters. The fourth-order valence-electron chi connectivity index (χ4n) is 2.76. The summed E-state index contributed by atoms with van der Waals surface area (Å²) in [5, 5.41) is 13.4. The lowest BCUT2D eigenvalue weighted by atomic mass is 10.0. The van der Waals surface area contributed by atoms with E-state index in [4.69, 9.17) is 5.11 Å². The summed E-state index contributed by atoms with van der Waals surface area (Å²) in [5.41, 5.74) is 0.133. The molecule has 0 aliphatic rings. The number of carboxylic acid groups (broad SMARTS) is 1. The molecule has 0 saturated carbocycles. The Kier molecular flexibility index (Phi) is 8.54. The highest BCUT2D eigenvalue weighted by Crippen LogP contribution is 2.27. The number of pyridine rings is 1. The predicted octanol–water partition coefficient (Wildman–Crippen LogP) is 3.98. The van der Waals surface area contributed by atoms with Crippen LogP contribution in [0, 0.1) is 0 Å². The SMILES string of the molecule is CC(NC(=O)C(Cc1ccccc1OC(F)(F)F)NC(=O)O)c1ccc(OCC(F)(F)F)cn1. The normalized spacial score (nSPS) is 13.5. The predicted molar refractivity (Wildman–Crippen MR) is 104 cm³/mol. The first-order valence-corrected chi connectivity index (χ1v) is 9.52. The number of nitrogens with zero attached hydrogens (tertiary/aromatic N) is 1. The average Bonchev–Trinajstić information content (AvgIpc) is 2.71. The van der Waals surface area contributed by atoms with Crippen LogP contribution in [-0.2, 0) is 11.2 Å². The van der Waals surface area contributed by atoms with E-state index in [1.807, 2.05) is 5.32 Å². The highest BCUT2D eigenvalue weighted by molar-refractivity contribution is 5.85. The first kappa shape index (κ1) is 26.5. The summed E-state index contributed by atoms with van der Waals surface area (Å²) in [5.74, 6) is -1.63. The number of ether oxygens (including phenoxy) is 2. The second-order valence-corrected chi connectivity index (χ2v) is 6.91. The van der Waals surface area contributed by atoms with Gasteiger partial charge < -0.3 is 25.2 Å². The van der Waals surface area contributed by atoms with E-state index < -0.39 is 55.4 Å². The minimum absolute atomic E-state index is 0.0781. The first-order chi connectivity index (χ1) is 15.7. The zero-order valence-corrected chi connectivity index (χ0v) is 17.4. The van der Waals surface area contributed by atoms with E-state index in [0.29, 0.717) is 0 Å². The largest absolute Gasteiger partial charge is 0.573 e. The highest BCUT2D eigenvalue weighted by Gasteiger charge is 2.33. The molecule has 2 amide bonds. The number of alkyl halides is 6. The molecule has 0 radical (unpaired) electrons. The number of benzene rings is 1. The summed E-state index contributed by atoms with van der Waals surface area (Å²) in [6, 6.07) is 5.11. The highest BCUT2D eigenvalue weighted by atomic mass is 19.4. The van der Waals surface area contributed by atoms with Gasteiger partial charge in [0.1, 0.15) is 17.5 Å². The van der Waals surface area contributed by atoms with Crippen molar-refractivity contribution in [1.29, 1.82) is 0 Å². The lowest BCUT2D eigenvalue weighted by Gasteiger charge is -2.21. The molecule has 2 atom stereocenters. The van der Waals surface area contributed by atoms with Gasteiger partial charge in [-0.25, -0.2) is 4.79 Å². The van der Waals surface area contributed by atoms with Gasteiger partial charge in [-0.2, -0.15) is 13.2 Å². The molecule has 1 aromatic heterocycles. The van der Waals surface area contributed by atoms with Crippen LogP contribution in [0.3, 0.4) is 0 Å². The van der Waals surface area contributed by atoms with Gasteiger partial charge in [0.25, 0.3) is 0 Å². The van der Waals surface area contributed by atoms with Crippen LogP contribution in [0.2, 0.25) is 0 Å². The number of halogens is 6. The number of nitrogens with one attached hydrogen (secondary N) is 2. The molecule has 0 spiro atoms. The van der Waals surface area contributed by atoms with Crippen LogP contribution in [0.25, 0.3) is 0 Å². The van der Waals surface area contributed by atoms with E-state index >= 15 is 0 Å². The number of carbonyl (C=O) groups excluding carboxylic acids is 1. The minimum atomic E-state index is -5.00. The van der Waals surface area contributed by atoms with Crippen LogP contribution < -0.4 is 20.1 Å². The van der Waals surface area contributed by atoms with Gasteiger partial charge in [-0.15, -0.1) is 13.2 Å². The van der Waals surface area contributed by atoms with E-state index in [1.165, 1.54) is 37.3 Å². The van der Waals surface area contributed by atoms with Crippen LogP contribution >= 0.6 is 0 Å². The molecule has 0 fully saturated rings. The minimum Gasteiger partial charge on any atom is -0.483 e. The summed E-state index contributed by atoms with van der Waals surface area (Å²) < 4.78 is 83.0. The molecule has 8 nitrogen and oxygen atoms in total. The van der Waals surface area contributed by atoms with E-state index in [-0.39, 0.29) is 17.0 Å². The molecular weight excluding hydrogens is 476 g/mol. The van der Waals surface area contributed by atoms with Gasteiger partial charge >= 0.3 is 18.6 Å². The third-order valence-electron chi connectivity index (χ3n) is 4.20. The maximum atomic E-state index is 12.7. The average molecular weight is 495 g/mol. The monoisotopic (exact) mass is 495 g/mol. The number of hydrogen-bond donors (Lipinski definition) is 3. The third-order valence-corrected chi connectivity index (χ3v) is 4.20. The molecule has 0 aliphatic heterocycles. The van der Waals surface area contributed by atoms with Crippen molar-refractivity contribution in [3.63, 3.8) is 0 Å². The molecule has 3 N–H and O–H groups in total. The lowest BCUT2D eigenvalue weighted by molar-refractivity contribution is -0.274. The molecule has 186 valence electrons. The van der Waals surface area contributed by atoms with Gasteiger partial charge in [0.15, 0.2) is 6.61 Å². The quantitative estimate of drug-likeness (QED) is 0.454. The fraction of sp³-hybridized carbons (Fsp3) is 0.350. The summed E-state index contributed by atoms with van der Waals surface area (Å²) in [4.78, 5) is 27.7. The topological polar surface area (TPSA) is 110 Å². The number of carbonyl (C=O) groups is 2. The van der Waals surface area contributed by atoms with Crippen molar-refractivity contribution < 1.29 is 50.5 Å². The zero-order valence-electron chi connectivity index (χ0n) is 17.4. The Balaban J connectivity index is 2.10. The van der Waals surface area contributed by atoms with Gasteiger partial charge in [0.2, 0.25) is 5.91 Å². The van der Waals surface area contributed by atoms with E-state index in [1.54, 1.807) is 0 Å². The Morgan fingerprint density at radius 3 is 2.29 bits per heavy atom. The second-order valence-electron chi connectivity index (χ2n) is 6.91. The van der Waals surface area contributed by atoms with Gasteiger partial charge in [-0.05, 0) is 30.7 Å². The molecular formula is C20H19F6N3O5. The molecule has 1 aromatic carbocycles. The van der Waals surface area contributed by atoms with Crippen LogP contribution in [0.15, 0.2) is 42.6 Å². The Bertz CT molecular complexity index is 982. The number of rotatable bonds is 9. The number of amides is 2. The lowest BCUT2D eigenvalue weighted by Crippen LogP contribution is -2.48. The van der Waals surface area contributed by atoms with Crippen molar-refractivity contribution in [2.75, 3.05) is 6.61 Å². The van der Waals surface area contributed by atoms with Crippen molar-refractivity contribution in [3.8, 4) is 11.5 Å². The van der Waals surface area contributed by atoms with Crippen molar-refractivity contribution in [2.24, 2.45) is 0 Å². The van der Waals surface area contributed by atoms with E-state index in [9.17, 15) is 35.9 Å². The smallest absolute Gasteiger partial charge is 0.483 e. The number of para-hydroxylation sites is 1. The van der Waals surface area contributed by atoms with Crippen LogP contribution in [-0.4, -0.2) is 47.3 Å². The third kappa shape index (κ3) is 9.03. The first-order valence-electron chi connectivity index (χ1n) is 9.52. The molecule has 2 aromatic rings. The van der Waals surface area contributed by atoms with Crippen molar-refractivity contribution in [2.45, 2.75) is 38.0 Å². The van der Waals surface area contributed by atoms with Gasteiger partial charge in [0, 0.05) is 6.42 Å². The summed E-state index contributed by atoms with van der Waals surface area (Å²) >= 11 is 0. The van der Waals surface area contributed by atoms with E-state index in [0.717, 1.165) is 12.3 Å². The maximum absolute atomic E-state index is 12.7. The van der Waals surface area contributed by atoms with Gasteiger partial charge in [-0.1, -0.05) is 18.2 Å². The van der Waals surface area contributed by atoms with Crippen molar-refractivity contribution in [1.82, 2.24) is 15.6 Å². The summed E-state index contributed by atoms with van der Waals surface area (Å²) in [6.45, 7) is -0.0442. The molecule has 2 rings (SSSR count). The Morgan fingerprint density at radius 1 is 1.06 bits per heavy atom. The summed E-state index contributed by atoms with van der Waals surface area (Å²) in [7, 11) is 0. The molecule has 1 heterocycles.